The minimum absolute atomic E-state index is 0.124. The van der Waals surface area contributed by atoms with Gasteiger partial charge in [-0.15, -0.1) is 0 Å². The number of hydrogen-bond acceptors (Lipinski definition) is 0. The van der Waals surface area contributed by atoms with Crippen molar-refractivity contribution in [1.82, 2.24) is 0 Å². The van der Waals surface area contributed by atoms with Crippen LogP contribution < -0.4 is 0 Å². The second kappa shape index (κ2) is 3.07. The van der Waals surface area contributed by atoms with Gasteiger partial charge < -0.3 is 0 Å². The Balaban J connectivity index is 2.94. The van der Waals surface area contributed by atoms with Crippen molar-refractivity contribution in [3.05, 3.63) is 35.6 Å². The van der Waals surface area contributed by atoms with Crippen LogP contribution in [0.2, 0.25) is 0 Å². The summed E-state index contributed by atoms with van der Waals surface area (Å²) in [6.45, 7) is 0. The third kappa shape index (κ3) is 1.87. The molecule has 0 aliphatic heterocycles. The Morgan fingerprint density at radius 3 is 2.67 bits per heavy atom. The van der Waals surface area contributed by atoms with Crippen LogP contribution in [0.5, 0.6) is 0 Å². The van der Waals surface area contributed by atoms with Gasteiger partial charge in [-0.1, -0.05) is 0 Å². The second-order valence-electron chi connectivity index (χ2n) is 1.88. The molecule has 0 nitrogen and oxygen atoms in total. The molecule has 0 bridgehead atoms. The Kier molecular flexibility index (Phi) is 2.35. The third-order valence-electron chi connectivity index (χ3n) is 1.18. The van der Waals surface area contributed by atoms with E-state index < -0.39 is 0 Å². The minimum atomic E-state index is -0.124. The first-order valence-electron chi connectivity index (χ1n) is 2.86. The van der Waals surface area contributed by atoms with Crippen LogP contribution in [-0.2, 0) is 23.3 Å². The number of hydrogen-bond donors (Lipinski definition) is 0. The van der Waals surface area contributed by atoms with Crippen molar-refractivity contribution in [3.8, 4) is 0 Å². The van der Waals surface area contributed by atoms with E-state index >= 15 is 0 Å². The molecule has 0 aliphatic carbocycles. The quantitative estimate of drug-likeness (QED) is 0.571. The number of benzene rings is 1. The summed E-state index contributed by atoms with van der Waals surface area (Å²) in [5.41, 5.74) is 1.11. The normalized spacial score (nSPS) is 9.67. The summed E-state index contributed by atoms with van der Waals surface area (Å²) in [7, 11) is 0. The zero-order valence-electron chi connectivity index (χ0n) is 5.10. The molecule has 1 aromatic rings. The topological polar surface area (TPSA) is 0 Å². The molecule has 9 heavy (non-hydrogen) atoms. The zero-order valence-corrected chi connectivity index (χ0v) is 8.07. The molecular formula is C7H6FZn. The predicted molar refractivity (Wildman–Crippen MR) is 30.1 cm³/mol. The van der Waals surface area contributed by atoms with Gasteiger partial charge in [-0.05, 0) is 0 Å². The maximum absolute atomic E-state index is 12.4. The van der Waals surface area contributed by atoms with Gasteiger partial charge in [-0.2, -0.15) is 0 Å². The van der Waals surface area contributed by atoms with Gasteiger partial charge in [0.15, 0.2) is 0 Å². The summed E-state index contributed by atoms with van der Waals surface area (Å²) >= 11 is 1.20. The fraction of sp³-hybridized carbons (Fsp3) is 0.143. The first-order chi connectivity index (χ1) is 4.33. The molecule has 43 valence electrons. The van der Waals surface area contributed by atoms with Gasteiger partial charge in [0.2, 0.25) is 0 Å². The van der Waals surface area contributed by atoms with Crippen molar-refractivity contribution in [1.29, 1.82) is 0 Å². The molecule has 0 heterocycles. The van der Waals surface area contributed by atoms with Crippen LogP contribution in [0, 0.1) is 5.82 Å². The van der Waals surface area contributed by atoms with Gasteiger partial charge in [-0.25, -0.2) is 0 Å². The van der Waals surface area contributed by atoms with E-state index in [1.54, 1.807) is 12.1 Å². The molecule has 0 saturated heterocycles. The van der Waals surface area contributed by atoms with E-state index in [4.69, 9.17) is 0 Å². The molecule has 0 aromatic heterocycles. The molecule has 0 atom stereocenters. The van der Waals surface area contributed by atoms with E-state index in [2.05, 4.69) is 0 Å². The van der Waals surface area contributed by atoms with Crippen molar-refractivity contribution in [2.24, 2.45) is 0 Å². The number of halogens is 1. The average molecular weight is 175 g/mol. The van der Waals surface area contributed by atoms with Crippen LogP contribution in [0.25, 0.3) is 0 Å². The Morgan fingerprint density at radius 2 is 2.22 bits per heavy atom. The third-order valence-corrected chi connectivity index (χ3v) is 2.39. The fourth-order valence-electron chi connectivity index (χ4n) is 0.692. The molecule has 0 unspecified atom stereocenters. The summed E-state index contributed by atoms with van der Waals surface area (Å²) in [5.74, 6) is -0.124. The first kappa shape index (κ1) is 6.89. The van der Waals surface area contributed by atoms with E-state index in [9.17, 15) is 4.39 Å². The van der Waals surface area contributed by atoms with Gasteiger partial charge in [0.25, 0.3) is 0 Å². The van der Waals surface area contributed by atoms with Gasteiger partial charge >= 0.3 is 63.4 Å². The van der Waals surface area contributed by atoms with Crippen molar-refractivity contribution in [2.45, 2.75) is 5.02 Å². The average Bonchev–Trinajstić information content (AvgIpc) is 1.88. The molecule has 1 aromatic carbocycles. The Labute approximate surface area is 63.8 Å². The SMILES string of the molecule is Fc1cccc([CH2][Zn])c1. The van der Waals surface area contributed by atoms with Crippen LogP contribution in [0.3, 0.4) is 0 Å². The summed E-state index contributed by atoms with van der Waals surface area (Å²) < 4.78 is 12.4. The molecule has 2 heteroatoms. The molecule has 0 radical (unpaired) electrons. The summed E-state index contributed by atoms with van der Waals surface area (Å²) in [6, 6.07) is 6.76. The Hall–Kier alpha value is -0.227. The van der Waals surface area contributed by atoms with Gasteiger partial charge in [0.05, 0.1) is 0 Å². The second-order valence-corrected chi connectivity index (χ2v) is 2.93. The molecular weight excluding hydrogens is 168 g/mol. The van der Waals surface area contributed by atoms with Crippen LogP contribution in [0.4, 0.5) is 4.39 Å². The molecule has 0 amide bonds. The molecule has 0 aliphatic rings. The van der Waals surface area contributed by atoms with E-state index in [0.29, 0.717) is 0 Å². The summed E-state index contributed by atoms with van der Waals surface area (Å²) in [5, 5.41) is 1.03. The predicted octanol–water partition coefficient (Wildman–Crippen LogP) is 1.87. The standard InChI is InChI=1S/C7H6F.Zn/c1-6-3-2-4-7(8)5-6;/h2-5H,1H2;. The van der Waals surface area contributed by atoms with Gasteiger partial charge in [-0.3, -0.25) is 0 Å². The first-order valence-corrected chi connectivity index (χ1v) is 4.96. The fourth-order valence-corrected chi connectivity index (χ4v) is 1.34. The van der Waals surface area contributed by atoms with Crippen molar-refractivity contribution in [3.63, 3.8) is 0 Å². The number of rotatable bonds is 1. The Morgan fingerprint density at radius 1 is 1.44 bits per heavy atom. The summed E-state index contributed by atoms with van der Waals surface area (Å²) in [4.78, 5) is 0. The zero-order chi connectivity index (χ0) is 6.69. The molecule has 0 spiro atoms. The van der Waals surface area contributed by atoms with Gasteiger partial charge in [0, 0.05) is 0 Å². The van der Waals surface area contributed by atoms with E-state index in [-0.39, 0.29) is 5.82 Å². The van der Waals surface area contributed by atoms with Crippen molar-refractivity contribution in [2.75, 3.05) is 0 Å². The van der Waals surface area contributed by atoms with Crippen molar-refractivity contribution >= 4 is 0 Å². The van der Waals surface area contributed by atoms with Crippen LogP contribution in [-0.4, -0.2) is 0 Å². The van der Waals surface area contributed by atoms with Crippen molar-refractivity contribution < 1.29 is 22.7 Å². The molecule has 0 N–H and O–H groups in total. The maximum atomic E-state index is 12.4. The molecule has 0 fully saturated rings. The van der Waals surface area contributed by atoms with E-state index in [0.717, 1.165) is 10.6 Å². The van der Waals surface area contributed by atoms with Crippen LogP contribution in [0.15, 0.2) is 24.3 Å². The van der Waals surface area contributed by atoms with Crippen LogP contribution in [0.1, 0.15) is 5.56 Å². The Bertz CT molecular complexity index is 198. The molecule has 1 rings (SSSR count). The van der Waals surface area contributed by atoms with Gasteiger partial charge in [0.1, 0.15) is 0 Å². The van der Waals surface area contributed by atoms with E-state index in [1.807, 2.05) is 6.07 Å². The monoisotopic (exact) mass is 173 g/mol. The molecule has 0 saturated carbocycles. The summed E-state index contributed by atoms with van der Waals surface area (Å²) in [6.07, 6.45) is 0. The van der Waals surface area contributed by atoms with Crippen LogP contribution >= 0.6 is 0 Å². The van der Waals surface area contributed by atoms with E-state index in [1.165, 1.54) is 24.4 Å².